The van der Waals surface area contributed by atoms with Gasteiger partial charge in [-0.2, -0.15) is 0 Å². The van der Waals surface area contributed by atoms with Crippen LogP contribution < -0.4 is 0 Å². The molecule has 1 aliphatic heterocycles. The van der Waals surface area contributed by atoms with E-state index in [1.54, 1.807) is 45.9 Å². The molecule has 0 amide bonds. The molecule has 1 aliphatic rings. The van der Waals surface area contributed by atoms with E-state index in [0.717, 1.165) is 4.47 Å². The summed E-state index contributed by atoms with van der Waals surface area (Å²) in [5, 5.41) is 0. The molecule has 21 heavy (non-hydrogen) atoms. The molecule has 0 aromatic heterocycles. The van der Waals surface area contributed by atoms with Crippen LogP contribution in [0.4, 0.5) is 0 Å². The van der Waals surface area contributed by atoms with E-state index in [2.05, 4.69) is 20.3 Å². The molecule has 1 unspecified atom stereocenters. The quantitative estimate of drug-likeness (QED) is 0.795. The fourth-order valence-electron chi connectivity index (χ4n) is 2.30. The highest BCUT2D eigenvalue weighted by molar-refractivity contribution is 9.10. The lowest BCUT2D eigenvalue weighted by Crippen LogP contribution is -2.56. The zero-order valence-corrected chi connectivity index (χ0v) is 14.8. The number of nitrogens with zero attached hydrogens (tertiary/aromatic N) is 1. The Morgan fingerprint density at radius 3 is 2.52 bits per heavy atom. The first-order valence-electron chi connectivity index (χ1n) is 6.56. The molecule has 0 fully saturated rings. The number of rotatable bonds is 2. The summed E-state index contributed by atoms with van der Waals surface area (Å²) < 4.78 is 39.5. The van der Waals surface area contributed by atoms with E-state index in [1.165, 1.54) is 0 Å². The van der Waals surface area contributed by atoms with Crippen molar-refractivity contribution >= 4 is 32.0 Å². The van der Waals surface area contributed by atoms with Gasteiger partial charge in [-0.25, -0.2) is 8.42 Å². The van der Waals surface area contributed by atoms with E-state index in [1.807, 2.05) is 6.07 Å². The van der Waals surface area contributed by atoms with Gasteiger partial charge in [-0.15, -0.1) is 0 Å². The van der Waals surface area contributed by atoms with E-state index in [9.17, 15) is 8.42 Å². The average Bonchev–Trinajstić information content (AvgIpc) is 2.35. The lowest BCUT2D eigenvalue weighted by atomic mass is 9.85. The Morgan fingerprint density at radius 1 is 1.33 bits per heavy atom. The van der Waals surface area contributed by atoms with Crippen LogP contribution in [0.25, 0.3) is 0 Å². The number of benzene rings is 1. The number of hydrogen-bond donors (Lipinski definition) is 0. The highest BCUT2D eigenvalue weighted by atomic mass is 79.9. The minimum absolute atomic E-state index is 0.199. The zero-order chi connectivity index (χ0) is 15.9. The van der Waals surface area contributed by atoms with Crippen LogP contribution in [-0.2, 0) is 24.2 Å². The highest BCUT2D eigenvalue weighted by Crippen LogP contribution is 2.46. The smallest absolute Gasteiger partial charge is 0.400 e. The standard InChI is InChI=1S/C14H18BrNO4S/c1-5-19-12-16-21(17,18)14(4,13(2,3)20-12)10-7-6-8-11(15)9-10/h6-9H,5H2,1-4H3. The predicted molar refractivity (Wildman–Crippen MR) is 84.6 cm³/mol. The molecule has 1 aromatic rings. The summed E-state index contributed by atoms with van der Waals surface area (Å²) in [7, 11) is -3.85. The number of halogens is 1. The largest absolute Gasteiger partial charge is 0.450 e. The van der Waals surface area contributed by atoms with Crippen LogP contribution in [0, 0.1) is 0 Å². The molecule has 7 heteroatoms. The van der Waals surface area contributed by atoms with Crippen molar-refractivity contribution in [2.24, 2.45) is 4.40 Å². The molecule has 116 valence electrons. The third-order valence-electron chi connectivity index (χ3n) is 3.85. The van der Waals surface area contributed by atoms with E-state index >= 15 is 0 Å². The Kier molecular flexibility index (Phi) is 4.10. The lowest BCUT2D eigenvalue weighted by Gasteiger charge is -2.44. The molecule has 0 spiro atoms. The van der Waals surface area contributed by atoms with Gasteiger partial charge in [0.1, 0.15) is 5.60 Å². The summed E-state index contributed by atoms with van der Waals surface area (Å²) in [6.07, 6.45) is -0.199. The molecule has 0 saturated carbocycles. The van der Waals surface area contributed by atoms with Crippen LogP contribution in [0.2, 0.25) is 0 Å². The first kappa shape index (κ1) is 16.3. The van der Waals surface area contributed by atoms with Gasteiger partial charge >= 0.3 is 6.08 Å². The Labute approximate surface area is 133 Å². The Bertz CT molecular complexity index is 684. The summed E-state index contributed by atoms with van der Waals surface area (Å²) in [5.74, 6) is 0. The monoisotopic (exact) mass is 375 g/mol. The maximum atomic E-state index is 12.8. The van der Waals surface area contributed by atoms with Crippen LogP contribution >= 0.6 is 15.9 Å². The number of hydrogen-bond acceptors (Lipinski definition) is 4. The van der Waals surface area contributed by atoms with Crippen LogP contribution in [0.15, 0.2) is 33.1 Å². The maximum Gasteiger partial charge on any atom is 0.400 e. The summed E-state index contributed by atoms with van der Waals surface area (Å²) in [4.78, 5) is 0. The van der Waals surface area contributed by atoms with Gasteiger partial charge in [0.25, 0.3) is 10.0 Å². The third kappa shape index (κ3) is 2.57. The average molecular weight is 376 g/mol. The van der Waals surface area contributed by atoms with Crippen LogP contribution in [-0.4, -0.2) is 26.7 Å². The second kappa shape index (κ2) is 5.28. The van der Waals surface area contributed by atoms with E-state index < -0.39 is 20.4 Å². The summed E-state index contributed by atoms with van der Waals surface area (Å²) in [5.41, 5.74) is -0.417. The fourth-order valence-corrected chi connectivity index (χ4v) is 4.25. The van der Waals surface area contributed by atoms with Crippen molar-refractivity contribution in [1.29, 1.82) is 0 Å². The van der Waals surface area contributed by atoms with Crippen molar-refractivity contribution in [3.63, 3.8) is 0 Å². The molecular weight excluding hydrogens is 358 g/mol. The molecule has 5 nitrogen and oxygen atoms in total. The van der Waals surface area contributed by atoms with Gasteiger partial charge in [0.2, 0.25) is 0 Å². The zero-order valence-electron chi connectivity index (χ0n) is 12.4. The Morgan fingerprint density at radius 2 is 2.00 bits per heavy atom. The van der Waals surface area contributed by atoms with Crippen LogP contribution in [0.3, 0.4) is 0 Å². The number of ether oxygens (including phenoxy) is 2. The second-order valence-corrected chi connectivity index (χ2v) is 8.29. The van der Waals surface area contributed by atoms with Gasteiger partial charge in [0.05, 0.1) is 6.61 Å². The molecule has 0 N–H and O–H groups in total. The molecule has 1 atom stereocenters. The van der Waals surface area contributed by atoms with Gasteiger partial charge in [-0.3, -0.25) is 0 Å². The lowest BCUT2D eigenvalue weighted by molar-refractivity contribution is 0.00812. The SMILES string of the molecule is CCOC1=NS(=O)(=O)C(C)(c2cccc(Br)c2)C(C)(C)O1. The van der Waals surface area contributed by atoms with Crippen molar-refractivity contribution in [3.8, 4) is 0 Å². The third-order valence-corrected chi connectivity index (χ3v) is 6.49. The molecule has 1 heterocycles. The molecule has 0 radical (unpaired) electrons. The van der Waals surface area contributed by atoms with E-state index in [-0.39, 0.29) is 12.7 Å². The van der Waals surface area contributed by atoms with E-state index in [0.29, 0.717) is 5.56 Å². The van der Waals surface area contributed by atoms with E-state index in [4.69, 9.17) is 9.47 Å². The van der Waals surface area contributed by atoms with Gasteiger partial charge in [0.15, 0.2) is 4.75 Å². The summed E-state index contributed by atoms with van der Waals surface area (Å²) >= 11 is 3.37. The molecule has 1 aromatic carbocycles. The first-order valence-corrected chi connectivity index (χ1v) is 8.80. The molecule has 0 aliphatic carbocycles. The van der Waals surface area contributed by atoms with Gasteiger partial charge in [-0.1, -0.05) is 32.5 Å². The molecular formula is C14H18BrNO4S. The Hall–Kier alpha value is -1.08. The highest BCUT2D eigenvalue weighted by Gasteiger charge is 2.58. The van der Waals surface area contributed by atoms with Crippen molar-refractivity contribution in [2.75, 3.05) is 6.61 Å². The van der Waals surface area contributed by atoms with Gasteiger partial charge < -0.3 is 9.47 Å². The molecule has 0 saturated heterocycles. The fraction of sp³-hybridized carbons (Fsp3) is 0.500. The Balaban J connectivity index is 2.66. The van der Waals surface area contributed by atoms with Crippen LogP contribution in [0.1, 0.15) is 33.3 Å². The van der Waals surface area contributed by atoms with Crippen molar-refractivity contribution < 1.29 is 17.9 Å². The maximum absolute atomic E-state index is 12.8. The minimum atomic E-state index is -3.85. The van der Waals surface area contributed by atoms with Gasteiger partial charge in [-0.05, 0) is 45.4 Å². The topological polar surface area (TPSA) is 65.0 Å². The first-order chi connectivity index (χ1) is 9.64. The molecule has 2 rings (SSSR count). The molecule has 0 bridgehead atoms. The minimum Gasteiger partial charge on any atom is -0.450 e. The van der Waals surface area contributed by atoms with Crippen molar-refractivity contribution in [1.82, 2.24) is 0 Å². The van der Waals surface area contributed by atoms with Crippen molar-refractivity contribution in [2.45, 2.75) is 38.0 Å². The number of sulfonamides is 1. The second-order valence-electron chi connectivity index (χ2n) is 5.42. The summed E-state index contributed by atoms with van der Waals surface area (Å²) in [6.45, 7) is 7.10. The van der Waals surface area contributed by atoms with Crippen LogP contribution in [0.5, 0.6) is 0 Å². The predicted octanol–water partition coefficient (Wildman–Crippen LogP) is 3.20. The van der Waals surface area contributed by atoms with Gasteiger partial charge in [0, 0.05) is 4.47 Å². The van der Waals surface area contributed by atoms with Crippen molar-refractivity contribution in [3.05, 3.63) is 34.3 Å². The summed E-state index contributed by atoms with van der Waals surface area (Å²) in [6, 6.07) is 7.15. The normalized spacial score (nSPS) is 26.6.